The van der Waals surface area contributed by atoms with Crippen LogP contribution in [0.1, 0.15) is 11.8 Å². The standard InChI is InChI=1S/C13H14N4O5/c1-2-5-3-17(11-6(5)10(14)15-4-16-11)12-8(19)7(18)9(22-12)13(20)21/h1,3-4,7-9,12-13,18-21H,(H2,14,15,16)/t7-,8+,9-,12+/m0/s1. The molecule has 9 heteroatoms. The van der Waals surface area contributed by atoms with Crippen LogP contribution >= 0.6 is 0 Å². The molecule has 1 saturated heterocycles. The number of aliphatic hydroxyl groups excluding tert-OH is 3. The van der Waals surface area contributed by atoms with E-state index >= 15 is 0 Å². The van der Waals surface area contributed by atoms with E-state index in [2.05, 4.69) is 15.9 Å². The number of rotatable bonds is 2. The molecular weight excluding hydrogens is 292 g/mol. The fourth-order valence-corrected chi connectivity index (χ4v) is 2.57. The van der Waals surface area contributed by atoms with Crippen LogP contribution in [0.3, 0.4) is 0 Å². The van der Waals surface area contributed by atoms with Gasteiger partial charge in [0.2, 0.25) is 0 Å². The lowest BCUT2D eigenvalue weighted by molar-refractivity contribution is -0.167. The second kappa shape index (κ2) is 5.20. The van der Waals surface area contributed by atoms with Crippen molar-refractivity contribution in [2.24, 2.45) is 0 Å². The van der Waals surface area contributed by atoms with E-state index in [1.807, 2.05) is 0 Å². The van der Waals surface area contributed by atoms with Gasteiger partial charge in [-0.3, -0.25) is 0 Å². The van der Waals surface area contributed by atoms with E-state index in [4.69, 9.17) is 16.9 Å². The van der Waals surface area contributed by atoms with Crippen molar-refractivity contribution in [1.29, 1.82) is 0 Å². The SMILES string of the molecule is C#Cc1cn([C@@H]2O[C@H](C(O)O)[C@@H](O)[C@H]2O)c2ncnc(N)c12. The minimum absolute atomic E-state index is 0.170. The molecule has 116 valence electrons. The van der Waals surface area contributed by atoms with E-state index in [1.54, 1.807) is 0 Å². The van der Waals surface area contributed by atoms with Crippen molar-refractivity contribution in [2.45, 2.75) is 30.8 Å². The van der Waals surface area contributed by atoms with E-state index in [0.717, 1.165) is 0 Å². The maximum atomic E-state index is 10.1. The lowest BCUT2D eigenvalue weighted by Crippen LogP contribution is -2.38. The number of nitrogen functional groups attached to an aromatic ring is 1. The van der Waals surface area contributed by atoms with E-state index in [-0.39, 0.29) is 5.82 Å². The Morgan fingerprint density at radius 3 is 2.64 bits per heavy atom. The van der Waals surface area contributed by atoms with Crippen LogP contribution in [-0.2, 0) is 4.74 Å². The molecule has 0 aliphatic carbocycles. The summed E-state index contributed by atoms with van der Waals surface area (Å²) in [6.07, 6.45) is 0.860. The van der Waals surface area contributed by atoms with Gasteiger partial charge in [-0.15, -0.1) is 6.42 Å². The average Bonchev–Trinajstić information content (AvgIpc) is 2.99. The second-order valence-electron chi connectivity index (χ2n) is 4.94. The van der Waals surface area contributed by atoms with Gasteiger partial charge in [-0.05, 0) is 0 Å². The maximum absolute atomic E-state index is 10.1. The summed E-state index contributed by atoms with van der Waals surface area (Å²) < 4.78 is 6.72. The number of nitrogens with two attached hydrogens (primary N) is 1. The van der Waals surface area contributed by atoms with Crippen LogP contribution in [0.25, 0.3) is 11.0 Å². The summed E-state index contributed by atoms with van der Waals surface area (Å²) in [6, 6.07) is 0. The molecule has 0 spiro atoms. The minimum Gasteiger partial charge on any atom is -0.387 e. The summed E-state index contributed by atoms with van der Waals surface area (Å²) >= 11 is 0. The van der Waals surface area contributed by atoms with Crippen molar-refractivity contribution in [3.8, 4) is 12.3 Å². The molecule has 6 N–H and O–H groups in total. The van der Waals surface area contributed by atoms with Gasteiger partial charge in [-0.25, -0.2) is 9.97 Å². The first-order valence-corrected chi connectivity index (χ1v) is 6.41. The Bertz CT molecular complexity index is 753. The van der Waals surface area contributed by atoms with Crippen molar-refractivity contribution in [3.05, 3.63) is 18.1 Å². The molecule has 0 radical (unpaired) electrons. The average molecular weight is 306 g/mol. The quantitative estimate of drug-likeness (QED) is 0.314. The van der Waals surface area contributed by atoms with E-state index < -0.39 is 30.8 Å². The van der Waals surface area contributed by atoms with Gasteiger partial charge >= 0.3 is 0 Å². The topological polar surface area (TPSA) is 147 Å². The molecule has 0 amide bonds. The molecule has 0 saturated carbocycles. The first-order chi connectivity index (χ1) is 10.5. The van der Waals surface area contributed by atoms with Crippen LogP contribution in [0.4, 0.5) is 5.82 Å². The Morgan fingerprint density at radius 1 is 1.32 bits per heavy atom. The van der Waals surface area contributed by atoms with Gasteiger partial charge in [0.25, 0.3) is 0 Å². The zero-order chi connectivity index (χ0) is 16.0. The van der Waals surface area contributed by atoms with Gasteiger partial charge in [0.15, 0.2) is 12.5 Å². The molecule has 2 aromatic rings. The molecule has 1 fully saturated rings. The summed E-state index contributed by atoms with van der Waals surface area (Å²) in [7, 11) is 0. The lowest BCUT2D eigenvalue weighted by atomic mass is 10.1. The zero-order valence-corrected chi connectivity index (χ0v) is 11.2. The van der Waals surface area contributed by atoms with Crippen molar-refractivity contribution >= 4 is 16.9 Å². The van der Waals surface area contributed by atoms with Crippen LogP contribution in [0.5, 0.6) is 0 Å². The highest BCUT2D eigenvalue weighted by Crippen LogP contribution is 2.35. The Morgan fingerprint density at radius 2 is 2.05 bits per heavy atom. The normalized spacial score (nSPS) is 28.4. The van der Waals surface area contributed by atoms with Crippen molar-refractivity contribution in [1.82, 2.24) is 14.5 Å². The first-order valence-electron chi connectivity index (χ1n) is 6.41. The van der Waals surface area contributed by atoms with E-state index in [9.17, 15) is 20.4 Å². The number of ether oxygens (including phenoxy) is 1. The first kappa shape index (κ1) is 14.7. The highest BCUT2D eigenvalue weighted by atomic mass is 16.6. The third-order valence-corrected chi connectivity index (χ3v) is 3.64. The molecular formula is C13H14N4O5. The summed E-state index contributed by atoms with van der Waals surface area (Å²) in [6.45, 7) is 0. The second-order valence-corrected chi connectivity index (χ2v) is 4.94. The maximum Gasteiger partial charge on any atom is 0.181 e. The highest BCUT2D eigenvalue weighted by Gasteiger charge is 2.47. The highest BCUT2D eigenvalue weighted by molar-refractivity contribution is 5.92. The predicted molar refractivity (Wildman–Crippen MR) is 74.0 cm³/mol. The minimum atomic E-state index is -1.94. The molecule has 0 aromatic carbocycles. The Labute approximate surface area is 124 Å². The third-order valence-electron chi connectivity index (χ3n) is 3.64. The van der Waals surface area contributed by atoms with Gasteiger partial charge in [0.05, 0.1) is 10.9 Å². The zero-order valence-electron chi connectivity index (χ0n) is 11.2. The Hall–Kier alpha value is -2.22. The summed E-state index contributed by atoms with van der Waals surface area (Å²) in [4.78, 5) is 7.92. The van der Waals surface area contributed by atoms with Crippen LogP contribution in [0.15, 0.2) is 12.5 Å². The number of fused-ring (bicyclic) bond motifs is 1. The summed E-state index contributed by atoms with van der Waals surface area (Å²) in [5.41, 5.74) is 6.49. The van der Waals surface area contributed by atoms with Crippen molar-refractivity contribution in [3.63, 3.8) is 0 Å². The number of hydrogen-bond donors (Lipinski definition) is 5. The molecule has 3 rings (SSSR count). The molecule has 1 aliphatic rings. The van der Waals surface area contributed by atoms with Gasteiger partial charge in [-0.2, -0.15) is 0 Å². The van der Waals surface area contributed by atoms with Crippen LogP contribution in [0, 0.1) is 12.3 Å². The van der Waals surface area contributed by atoms with Crippen LogP contribution in [0.2, 0.25) is 0 Å². The largest absolute Gasteiger partial charge is 0.387 e. The van der Waals surface area contributed by atoms with Gasteiger partial charge in [0.1, 0.15) is 36.1 Å². The third kappa shape index (κ3) is 2.02. The smallest absolute Gasteiger partial charge is 0.181 e. The molecule has 1 aliphatic heterocycles. The molecule has 4 atom stereocenters. The monoisotopic (exact) mass is 306 g/mol. The van der Waals surface area contributed by atoms with E-state index in [1.165, 1.54) is 17.1 Å². The number of aliphatic hydroxyl groups is 4. The molecule has 0 unspecified atom stereocenters. The van der Waals surface area contributed by atoms with Crippen molar-refractivity contribution in [2.75, 3.05) is 5.73 Å². The predicted octanol–water partition coefficient (Wildman–Crippen LogP) is -2.08. The fourth-order valence-electron chi connectivity index (χ4n) is 2.57. The van der Waals surface area contributed by atoms with Crippen LogP contribution in [-0.4, -0.2) is 59.6 Å². The number of aromatic nitrogens is 3. The molecule has 0 bridgehead atoms. The molecule has 9 nitrogen and oxygen atoms in total. The van der Waals surface area contributed by atoms with Crippen molar-refractivity contribution < 1.29 is 25.2 Å². The number of terminal acetylenes is 1. The number of hydrogen-bond acceptors (Lipinski definition) is 8. The molecule has 22 heavy (non-hydrogen) atoms. The molecule has 3 heterocycles. The molecule has 2 aromatic heterocycles. The van der Waals surface area contributed by atoms with Gasteiger partial charge in [0, 0.05) is 6.20 Å². The summed E-state index contributed by atoms with van der Waals surface area (Å²) in [5, 5.41) is 38.7. The fraction of sp³-hybridized carbons (Fsp3) is 0.385. The Kier molecular flexibility index (Phi) is 3.48. The lowest BCUT2D eigenvalue weighted by Gasteiger charge is -2.17. The van der Waals surface area contributed by atoms with Gasteiger partial charge < -0.3 is 35.5 Å². The van der Waals surface area contributed by atoms with Gasteiger partial charge in [-0.1, -0.05) is 5.92 Å². The summed E-state index contributed by atoms with van der Waals surface area (Å²) in [5.74, 6) is 2.61. The van der Waals surface area contributed by atoms with Crippen LogP contribution < -0.4 is 5.73 Å². The van der Waals surface area contributed by atoms with E-state index in [0.29, 0.717) is 16.6 Å². The number of anilines is 1. The Balaban J connectivity index is 2.12. The number of nitrogens with zero attached hydrogens (tertiary/aromatic N) is 3.